The highest BCUT2D eigenvalue weighted by Gasteiger charge is 2.34. The molecule has 6 nitrogen and oxygen atoms in total. The van der Waals surface area contributed by atoms with E-state index in [-0.39, 0.29) is 11.9 Å². The topological polar surface area (TPSA) is 62.7 Å². The zero-order chi connectivity index (χ0) is 18.1. The number of aryl methyl sites for hydroxylation is 3. The van der Waals surface area contributed by atoms with E-state index in [2.05, 4.69) is 5.16 Å². The van der Waals surface area contributed by atoms with Gasteiger partial charge in [-0.2, -0.15) is 0 Å². The molecule has 0 aromatic carbocycles. The normalized spacial score (nSPS) is 21.0. The van der Waals surface area contributed by atoms with Crippen LogP contribution in [-0.2, 0) is 6.54 Å². The van der Waals surface area contributed by atoms with Crippen molar-refractivity contribution in [2.75, 3.05) is 20.1 Å². The molecule has 1 amide bonds. The average molecular weight is 349 g/mol. The van der Waals surface area contributed by atoms with E-state index in [4.69, 9.17) is 8.94 Å². The molecule has 1 fully saturated rings. The Kier molecular flexibility index (Phi) is 4.94. The summed E-state index contributed by atoms with van der Waals surface area (Å²) in [7, 11) is 1.74. The number of aromatic nitrogens is 1. The van der Waals surface area contributed by atoms with Crippen LogP contribution in [0.2, 0.25) is 0 Å². The van der Waals surface area contributed by atoms with Crippen LogP contribution in [0.1, 0.15) is 39.8 Å². The second-order valence-corrected chi connectivity index (χ2v) is 6.86. The van der Waals surface area contributed by atoms with Crippen LogP contribution in [0.3, 0.4) is 0 Å². The standard InChI is InChI=1S/C18H24FN3O3/c1-11-5-16(25-20-11)10-22-8-14(19)7-15(22)9-21(4)18(23)17-6-12(2)24-13(17)3/h5-6,14-15H,7-10H2,1-4H3/t14-,15-/m0/s1. The second-order valence-electron chi connectivity index (χ2n) is 6.86. The first-order valence-electron chi connectivity index (χ1n) is 8.46. The molecule has 1 aliphatic heterocycles. The molecule has 3 heterocycles. The lowest BCUT2D eigenvalue weighted by Gasteiger charge is -2.27. The Balaban J connectivity index is 1.67. The molecule has 2 aromatic heterocycles. The van der Waals surface area contributed by atoms with Crippen LogP contribution in [0, 0.1) is 20.8 Å². The fraction of sp³-hybridized carbons (Fsp3) is 0.556. The highest BCUT2D eigenvalue weighted by atomic mass is 19.1. The van der Waals surface area contributed by atoms with Gasteiger partial charge < -0.3 is 13.8 Å². The summed E-state index contributed by atoms with van der Waals surface area (Å²) in [5, 5.41) is 3.87. The van der Waals surface area contributed by atoms with Crippen molar-refractivity contribution in [2.45, 2.75) is 46.0 Å². The number of nitrogens with zero attached hydrogens (tertiary/aromatic N) is 3. The average Bonchev–Trinajstić information content (AvgIpc) is 3.19. The summed E-state index contributed by atoms with van der Waals surface area (Å²) in [6.07, 6.45) is -0.482. The molecule has 7 heteroatoms. The fourth-order valence-electron chi connectivity index (χ4n) is 3.44. The van der Waals surface area contributed by atoms with E-state index in [1.54, 1.807) is 24.9 Å². The van der Waals surface area contributed by atoms with Gasteiger partial charge in [0.05, 0.1) is 17.8 Å². The van der Waals surface area contributed by atoms with E-state index in [0.29, 0.717) is 48.9 Å². The molecule has 136 valence electrons. The highest BCUT2D eigenvalue weighted by Crippen LogP contribution is 2.24. The summed E-state index contributed by atoms with van der Waals surface area (Å²) in [5.41, 5.74) is 1.37. The zero-order valence-electron chi connectivity index (χ0n) is 15.1. The number of likely N-dealkylation sites (tertiary alicyclic amines) is 1. The summed E-state index contributed by atoms with van der Waals surface area (Å²) in [6, 6.07) is 3.55. The number of alkyl halides is 1. The minimum absolute atomic E-state index is 0.0531. The molecule has 0 unspecified atom stereocenters. The monoisotopic (exact) mass is 349 g/mol. The van der Waals surface area contributed by atoms with Crippen molar-refractivity contribution in [3.63, 3.8) is 0 Å². The van der Waals surface area contributed by atoms with E-state index in [1.165, 1.54) is 0 Å². The van der Waals surface area contributed by atoms with E-state index < -0.39 is 6.17 Å². The number of likely N-dealkylation sites (N-methyl/N-ethyl adjacent to an activating group) is 1. The first-order valence-corrected chi connectivity index (χ1v) is 8.46. The molecular formula is C18H24FN3O3. The molecule has 25 heavy (non-hydrogen) atoms. The van der Waals surface area contributed by atoms with Gasteiger partial charge in [-0.15, -0.1) is 0 Å². The molecule has 0 saturated carbocycles. The number of rotatable bonds is 5. The third-order valence-corrected chi connectivity index (χ3v) is 4.62. The largest absolute Gasteiger partial charge is 0.466 e. The fourth-order valence-corrected chi connectivity index (χ4v) is 3.44. The number of furan rings is 1. The number of halogens is 1. The van der Waals surface area contributed by atoms with Gasteiger partial charge in [-0.3, -0.25) is 9.69 Å². The summed E-state index contributed by atoms with van der Waals surface area (Å²) in [6.45, 7) is 6.74. The lowest BCUT2D eigenvalue weighted by atomic mass is 10.1. The van der Waals surface area contributed by atoms with Gasteiger partial charge in [0.2, 0.25) is 0 Å². The van der Waals surface area contributed by atoms with E-state index in [0.717, 1.165) is 5.69 Å². The molecule has 3 rings (SSSR count). The lowest BCUT2D eigenvalue weighted by Crippen LogP contribution is -2.41. The van der Waals surface area contributed by atoms with Crippen LogP contribution in [0.25, 0.3) is 0 Å². The van der Waals surface area contributed by atoms with Gasteiger partial charge >= 0.3 is 0 Å². The number of carbonyl (C=O) groups excluding carboxylic acids is 1. The van der Waals surface area contributed by atoms with Crippen molar-refractivity contribution in [1.82, 2.24) is 15.0 Å². The van der Waals surface area contributed by atoms with Crippen molar-refractivity contribution in [3.05, 3.63) is 40.7 Å². The molecule has 0 spiro atoms. The number of hydrogen-bond donors (Lipinski definition) is 0. The summed E-state index contributed by atoms with van der Waals surface area (Å²) < 4.78 is 24.6. The Morgan fingerprint density at radius 2 is 2.16 bits per heavy atom. The Bertz CT molecular complexity index is 755. The molecule has 0 bridgehead atoms. The number of carbonyl (C=O) groups is 1. The minimum Gasteiger partial charge on any atom is -0.466 e. The van der Waals surface area contributed by atoms with Crippen LogP contribution in [0.15, 0.2) is 21.1 Å². The maximum Gasteiger partial charge on any atom is 0.257 e. The van der Waals surface area contributed by atoms with Gasteiger partial charge in [0.25, 0.3) is 5.91 Å². The van der Waals surface area contributed by atoms with Crippen molar-refractivity contribution in [3.8, 4) is 0 Å². The summed E-state index contributed by atoms with van der Waals surface area (Å²) >= 11 is 0. The third kappa shape index (κ3) is 3.92. The highest BCUT2D eigenvalue weighted by molar-refractivity contribution is 5.95. The maximum absolute atomic E-state index is 14.0. The number of hydrogen-bond acceptors (Lipinski definition) is 5. The van der Waals surface area contributed by atoms with Crippen LogP contribution >= 0.6 is 0 Å². The van der Waals surface area contributed by atoms with Gasteiger partial charge in [0.1, 0.15) is 17.7 Å². The summed E-state index contributed by atoms with van der Waals surface area (Å²) in [5.74, 6) is 1.93. The molecule has 0 radical (unpaired) electrons. The summed E-state index contributed by atoms with van der Waals surface area (Å²) in [4.78, 5) is 16.3. The Morgan fingerprint density at radius 3 is 2.76 bits per heavy atom. The van der Waals surface area contributed by atoms with Crippen LogP contribution in [0.5, 0.6) is 0 Å². The van der Waals surface area contributed by atoms with Gasteiger partial charge in [0.15, 0.2) is 5.76 Å². The predicted molar refractivity (Wildman–Crippen MR) is 90.1 cm³/mol. The predicted octanol–water partition coefficient (Wildman–Crippen LogP) is 2.88. The van der Waals surface area contributed by atoms with Gasteiger partial charge in [0, 0.05) is 32.2 Å². The van der Waals surface area contributed by atoms with Crippen molar-refractivity contribution in [1.29, 1.82) is 0 Å². The lowest BCUT2D eigenvalue weighted by molar-refractivity contribution is 0.0744. The molecule has 0 aliphatic carbocycles. The molecule has 1 saturated heterocycles. The maximum atomic E-state index is 14.0. The van der Waals surface area contributed by atoms with E-state index >= 15 is 0 Å². The van der Waals surface area contributed by atoms with Crippen molar-refractivity contribution >= 4 is 5.91 Å². The molecule has 2 atom stereocenters. The van der Waals surface area contributed by atoms with Crippen molar-refractivity contribution < 1.29 is 18.1 Å². The van der Waals surface area contributed by atoms with Crippen LogP contribution in [0.4, 0.5) is 4.39 Å². The Morgan fingerprint density at radius 1 is 1.40 bits per heavy atom. The molecule has 0 N–H and O–H groups in total. The number of amides is 1. The van der Waals surface area contributed by atoms with Gasteiger partial charge in [-0.05, 0) is 33.3 Å². The molecule has 2 aromatic rings. The minimum atomic E-state index is -0.893. The zero-order valence-corrected chi connectivity index (χ0v) is 15.1. The Labute approximate surface area is 146 Å². The van der Waals surface area contributed by atoms with Crippen LogP contribution < -0.4 is 0 Å². The van der Waals surface area contributed by atoms with Crippen molar-refractivity contribution in [2.24, 2.45) is 0 Å². The van der Waals surface area contributed by atoms with E-state index in [1.807, 2.05) is 24.8 Å². The first-order chi connectivity index (χ1) is 11.8. The first kappa shape index (κ1) is 17.7. The molecule has 1 aliphatic rings. The quantitative estimate of drug-likeness (QED) is 0.831. The van der Waals surface area contributed by atoms with Crippen LogP contribution in [-0.4, -0.2) is 53.2 Å². The molecular weight excluding hydrogens is 325 g/mol. The van der Waals surface area contributed by atoms with E-state index in [9.17, 15) is 9.18 Å². The Hall–Kier alpha value is -2.15. The smallest absolute Gasteiger partial charge is 0.257 e. The third-order valence-electron chi connectivity index (χ3n) is 4.62. The van der Waals surface area contributed by atoms with Gasteiger partial charge in [-0.25, -0.2) is 4.39 Å². The second kappa shape index (κ2) is 7.00. The van der Waals surface area contributed by atoms with Gasteiger partial charge in [-0.1, -0.05) is 5.16 Å². The SMILES string of the molecule is Cc1cc(CN2C[C@@H](F)C[C@H]2CN(C)C(=O)c2cc(C)oc2C)on1.